The van der Waals surface area contributed by atoms with Crippen LogP contribution in [-0.4, -0.2) is 44.2 Å². The second kappa shape index (κ2) is 12.8. The fourth-order valence-corrected chi connectivity index (χ4v) is 9.53. The van der Waals surface area contributed by atoms with E-state index in [1.165, 1.54) is 52.6 Å². The molecule has 0 aromatic rings. The molecule has 5 aliphatic rings. The zero-order valence-corrected chi connectivity index (χ0v) is 26.0. The standard InChI is InChI=1S/C35H52O6/c1-23(9-6-7-11-32(37)38-5)29-15-16-30-28-14-13-25-21-26(17-19-34(25,3)31(28)18-20-35(29,30)4)40-33-12-8-10-27(41-33)22-39-24(2)36/h8-9,12-13,26-31,33H,6-7,10-11,14-22H2,1-5H3/b23-9+/t26-,27-,28-,29?,30?,31?,33?,34-,35+/m0/s1. The van der Waals surface area contributed by atoms with Crippen molar-refractivity contribution in [2.24, 2.45) is 34.5 Å². The van der Waals surface area contributed by atoms with Gasteiger partial charge < -0.3 is 18.9 Å². The normalized spacial score (nSPS) is 40.2. The molecular weight excluding hydrogens is 516 g/mol. The number of allylic oxidation sites excluding steroid dienone is 3. The van der Waals surface area contributed by atoms with Crippen LogP contribution >= 0.6 is 0 Å². The van der Waals surface area contributed by atoms with Gasteiger partial charge in [0.2, 0.25) is 0 Å². The monoisotopic (exact) mass is 568 g/mol. The number of esters is 2. The predicted octanol–water partition coefficient (Wildman–Crippen LogP) is 7.47. The van der Waals surface area contributed by atoms with Crippen LogP contribution in [0.3, 0.4) is 0 Å². The number of unbranched alkanes of at least 4 members (excludes halogenated alkanes) is 1. The fourth-order valence-electron chi connectivity index (χ4n) is 9.53. The van der Waals surface area contributed by atoms with E-state index in [-0.39, 0.29) is 42.5 Å². The van der Waals surface area contributed by atoms with Gasteiger partial charge in [-0.05, 0) is 118 Å². The molecule has 9 atom stereocenters. The second-order valence-electron chi connectivity index (χ2n) is 13.9. The molecular formula is C35H52O6. The van der Waals surface area contributed by atoms with Crippen molar-refractivity contribution in [3.8, 4) is 0 Å². The molecule has 0 amide bonds. The largest absolute Gasteiger partial charge is 0.469 e. The number of ether oxygens (including phenoxy) is 4. The van der Waals surface area contributed by atoms with Crippen molar-refractivity contribution in [1.29, 1.82) is 0 Å². The summed E-state index contributed by atoms with van der Waals surface area (Å²) >= 11 is 0. The fraction of sp³-hybridized carbons (Fsp3) is 0.771. The van der Waals surface area contributed by atoms with Crippen molar-refractivity contribution in [3.05, 3.63) is 35.5 Å². The molecule has 0 aromatic heterocycles. The smallest absolute Gasteiger partial charge is 0.305 e. The number of hydrogen-bond acceptors (Lipinski definition) is 6. The lowest BCUT2D eigenvalue weighted by molar-refractivity contribution is -0.191. The molecule has 3 saturated carbocycles. The molecule has 5 rings (SSSR count). The van der Waals surface area contributed by atoms with Crippen molar-refractivity contribution in [1.82, 2.24) is 0 Å². The third-order valence-corrected chi connectivity index (χ3v) is 11.7. The van der Waals surface area contributed by atoms with Crippen molar-refractivity contribution < 1.29 is 28.5 Å². The highest BCUT2D eigenvalue weighted by Gasteiger charge is 2.58. The van der Waals surface area contributed by atoms with E-state index >= 15 is 0 Å². The van der Waals surface area contributed by atoms with Crippen LogP contribution in [0.2, 0.25) is 0 Å². The summed E-state index contributed by atoms with van der Waals surface area (Å²) in [6.07, 6.45) is 21.6. The van der Waals surface area contributed by atoms with Gasteiger partial charge >= 0.3 is 11.9 Å². The van der Waals surface area contributed by atoms with E-state index in [0.29, 0.717) is 17.8 Å². The number of rotatable bonds is 9. The lowest BCUT2D eigenvalue weighted by Gasteiger charge is -2.58. The minimum absolute atomic E-state index is 0.106. The molecule has 0 bridgehead atoms. The molecule has 4 aliphatic carbocycles. The van der Waals surface area contributed by atoms with Crippen LogP contribution in [0.4, 0.5) is 0 Å². The lowest BCUT2D eigenvalue weighted by atomic mass is 9.47. The van der Waals surface area contributed by atoms with Gasteiger partial charge in [-0.1, -0.05) is 43.2 Å². The molecule has 3 fully saturated rings. The van der Waals surface area contributed by atoms with Crippen molar-refractivity contribution in [2.75, 3.05) is 13.7 Å². The first-order valence-corrected chi connectivity index (χ1v) is 16.2. The van der Waals surface area contributed by atoms with Gasteiger partial charge in [0.25, 0.3) is 0 Å². The van der Waals surface area contributed by atoms with E-state index in [1.54, 1.807) is 11.1 Å². The Labute approximate surface area is 247 Å². The Morgan fingerprint density at radius 1 is 1.07 bits per heavy atom. The van der Waals surface area contributed by atoms with Crippen molar-refractivity contribution in [2.45, 2.75) is 123 Å². The Hall–Kier alpha value is -1.92. The van der Waals surface area contributed by atoms with Crippen LogP contribution in [-0.2, 0) is 28.5 Å². The summed E-state index contributed by atoms with van der Waals surface area (Å²) < 4.78 is 22.5. The van der Waals surface area contributed by atoms with E-state index in [9.17, 15) is 9.59 Å². The summed E-state index contributed by atoms with van der Waals surface area (Å²) in [6, 6.07) is 0. The van der Waals surface area contributed by atoms with Gasteiger partial charge in [0.1, 0.15) is 6.61 Å². The minimum atomic E-state index is -0.363. The average Bonchev–Trinajstić information content (AvgIpc) is 3.31. The number of carbonyl (C=O) groups is 2. The summed E-state index contributed by atoms with van der Waals surface area (Å²) in [7, 11) is 1.47. The topological polar surface area (TPSA) is 71.1 Å². The Bertz CT molecular complexity index is 1060. The van der Waals surface area contributed by atoms with E-state index in [2.05, 4.69) is 39.0 Å². The van der Waals surface area contributed by atoms with Crippen LogP contribution in [0.1, 0.15) is 105 Å². The van der Waals surface area contributed by atoms with Gasteiger partial charge in [0, 0.05) is 13.3 Å². The molecule has 0 saturated heterocycles. The zero-order chi connectivity index (χ0) is 29.2. The van der Waals surface area contributed by atoms with Crippen molar-refractivity contribution >= 4 is 11.9 Å². The molecule has 6 nitrogen and oxygen atoms in total. The Kier molecular flexibility index (Phi) is 9.50. The molecule has 1 aliphatic heterocycles. The third-order valence-electron chi connectivity index (χ3n) is 11.7. The average molecular weight is 569 g/mol. The first kappa shape index (κ1) is 30.5. The molecule has 0 aromatic carbocycles. The molecule has 4 unspecified atom stereocenters. The van der Waals surface area contributed by atoms with Gasteiger partial charge in [-0.3, -0.25) is 9.59 Å². The Morgan fingerprint density at radius 3 is 2.68 bits per heavy atom. The maximum Gasteiger partial charge on any atom is 0.305 e. The summed E-state index contributed by atoms with van der Waals surface area (Å²) in [5.74, 6) is 2.63. The van der Waals surface area contributed by atoms with Gasteiger partial charge in [-0.25, -0.2) is 0 Å². The van der Waals surface area contributed by atoms with E-state index < -0.39 is 0 Å². The van der Waals surface area contributed by atoms with Gasteiger partial charge in [-0.2, -0.15) is 0 Å². The third kappa shape index (κ3) is 6.39. The summed E-state index contributed by atoms with van der Waals surface area (Å²) in [6.45, 7) is 9.20. The maximum atomic E-state index is 11.5. The molecule has 0 radical (unpaired) electrons. The quantitative estimate of drug-likeness (QED) is 0.163. The van der Waals surface area contributed by atoms with E-state index in [0.717, 1.165) is 49.9 Å². The van der Waals surface area contributed by atoms with Crippen LogP contribution in [0.25, 0.3) is 0 Å². The molecule has 1 heterocycles. The maximum absolute atomic E-state index is 11.5. The Morgan fingerprint density at radius 2 is 1.90 bits per heavy atom. The highest BCUT2D eigenvalue weighted by molar-refractivity contribution is 5.69. The van der Waals surface area contributed by atoms with E-state index in [1.807, 2.05) is 6.08 Å². The summed E-state index contributed by atoms with van der Waals surface area (Å²) in [5.41, 5.74) is 3.83. The van der Waals surface area contributed by atoms with E-state index in [4.69, 9.17) is 18.9 Å². The number of hydrogen-bond donors (Lipinski definition) is 0. The lowest BCUT2D eigenvalue weighted by Crippen LogP contribution is -2.50. The zero-order valence-electron chi connectivity index (χ0n) is 26.0. The number of methoxy groups -OCH3 is 1. The highest BCUT2D eigenvalue weighted by Crippen LogP contribution is 2.67. The molecule has 228 valence electrons. The molecule has 6 heteroatoms. The molecule has 0 spiro atoms. The van der Waals surface area contributed by atoms with Crippen LogP contribution in [0.5, 0.6) is 0 Å². The first-order chi connectivity index (χ1) is 19.6. The first-order valence-electron chi connectivity index (χ1n) is 16.2. The number of fused-ring (bicyclic) bond motifs is 5. The predicted molar refractivity (Wildman–Crippen MR) is 159 cm³/mol. The molecule has 0 N–H and O–H groups in total. The summed E-state index contributed by atoms with van der Waals surface area (Å²) in [4.78, 5) is 22.7. The van der Waals surface area contributed by atoms with Gasteiger partial charge in [0.05, 0.1) is 19.3 Å². The Balaban J connectivity index is 1.19. The SMILES string of the molecule is COC(=O)CCC/C=C(\C)C1CCC2[C@@H]3CC=C4C[C@@H](OC5C=CC[C@@H](COC(C)=O)O5)CC[C@]4(C)C3CC[C@]12C. The summed E-state index contributed by atoms with van der Waals surface area (Å²) in [5, 5.41) is 0. The van der Waals surface area contributed by atoms with Crippen molar-refractivity contribution in [3.63, 3.8) is 0 Å². The highest BCUT2D eigenvalue weighted by atomic mass is 16.7. The van der Waals surface area contributed by atoms with Crippen LogP contribution in [0, 0.1) is 34.5 Å². The number of carbonyl (C=O) groups excluding carboxylic acids is 2. The second-order valence-corrected chi connectivity index (χ2v) is 13.9. The molecule has 41 heavy (non-hydrogen) atoms. The minimum Gasteiger partial charge on any atom is -0.469 e. The van der Waals surface area contributed by atoms with Gasteiger partial charge in [-0.15, -0.1) is 0 Å². The van der Waals surface area contributed by atoms with Crippen LogP contribution in [0.15, 0.2) is 35.5 Å². The van der Waals surface area contributed by atoms with Gasteiger partial charge in [0.15, 0.2) is 6.29 Å². The van der Waals surface area contributed by atoms with Crippen LogP contribution < -0.4 is 0 Å².